The Morgan fingerprint density at radius 3 is 2.36 bits per heavy atom. The van der Waals surface area contributed by atoms with Gasteiger partial charge in [0, 0.05) is 11.5 Å². The summed E-state index contributed by atoms with van der Waals surface area (Å²) in [4.78, 5) is 11.5. The molecule has 1 N–H and O–H groups in total. The first kappa shape index (κ1) is 11.5. The van der Waals surface area contributed by atoms with Gasteiger partial charge in [0.05, 0.1) is 5.92 Å². The molecule has 82 valence electrons. The van der Waals surface area contributed by atoms with Crippen LogP contribution in [0, 0.1) is 17.3 Å². The number of hydrogen-bond acceptors (Lipinski definition) is 1. The number of nitrogens with one attached hydrogen (secondary N) is 1. The second kappa shape index (κ2) is 3.52. The number of halogens is 1. The summed E-state index contributed by atoms with van der Waals surface area (Å²) >= 11 is 0. The molecule has 3 atom stereocenters. The SMILES string of the molecule is CC(C)C1NC(=O)C(C)C(F)C1(C)C. The van der Waals surface area contributed by atoms with Gasteiger partial charge in [-0.1, -0.05) is 34.6 Å². The summed E-state index contributed by atoms with van der Waals surface area (Å²) in [6.45, 7) is 9.44. The number of hydrogen-bond donors (Lipinski definition) is 1. The Kier molecular flexibility index (Phi) is 2.88. The van der Waals surface area contributed by atoms with Crippen molar-refractivity contribution in [2.24, 2.45) is 17.3 Å². The number of alkyl halides is 1. The van der Waals surface area contributed by atoms with Crippen LogP contribution in [-0.2, 0) is 4.79 Å². The van der Waals surface area contributed by atoms with Gasteiger partial charge in [0.25, 0.3) is 0 Å². The Morgan fingerprint density at radius 2 is 1.93 bits per heavy atom. The summed E-state index contributed by atoms with van der Waals surface area (Å²) in [6, 6.07) is -0.0683. The van der Waals surface area contributed by atoms with Crippen molar-refractivity contribution in [2.45, 2.75) is 46.8 Å². The van der Waals surface area contributed by atoms with E-state index in [-0.39, 0.29) is 17.9 Å². The molecule has 1 heterocycles. The molecule has 0 bridgehead atoms. The van der Waals surface area contributed by atoms with E-state index in [0.717, 1.165) is 0 Å². The van der Waals surface area contributed by atoms with Gasteiger partial charge >= 0.3 is 0 Å². The molecule has 0 saturated carbocycles. The maximum Gasteiger partial charge on any atom is 0.226 e. The van der Waals surface area contributed by atoms with Crippen molar-refractivity contribution in [2.75, 3.05) is 0 Å². The van der Waals surface area contributed by atoms with Gasteiger partial charge in [-0.15, -0.1) is 0 Å². The molecule has 1 fully saturated rings. The Bertz CT molecular complexity index is 237. The molecule has 1 aliphatic heterocycles. The lowest BCUT2D eigenvalue weighted by Crippen LogP contribution is -2.61. The predicted molar refractivity (Wildman–Crippen MR) is 54.6 cm³/mol. The summed E-state index contributed by atoms with van der Waals surface area (Å²) in [5, 5.41) is 2.91. The van der Waals surface area contributed by atoms with Crippen molar-refractivity contribution in [3.05, 3.63) is 0 Å². The van der Waals surface area contributed by atoms with Crippen LogP contribution in [0.25, 0.3) is 0 Å². The third-order valence-corrected chi connectivity index (χ3v) is 3.33. The fourth-order valence-corrected chi connectivity index (χ4v) is 2.45. The van der Waals surface area contributed by atoms with E-state index in [1.54, 1.807) is 6.92 Å². The van der Waals surface area contributed by atoms with Crippen LogP contribution in [0.5, 0.6) is 0 Å². The quantitative estimate of drug-likeness (QED) is 0.692. The monoisotopic (exact) mass is 201 g/mol. The van der Waals surface area contributed by atoms with Crippen LogP contribution in [0.15, 0.2) is 0 Å². The van der Waals surface area contributed by atoms with Crippen LogP contribution in [-0.4, -0.2) is 18.1 Å². The molecule has 0 aromatic rings. The first-order chi connectivity index (χ1) is 6.28. The van der Waals surface area contributed by atoms with Crippen LogP contribution in [0.3, 0.4) is 0 Å². The van der Waals surface area contributed by atoms with Crippen molar-refractivity contribution in [1.82, 2.24) is 5.32 Å². The molecule has 1 rings (SSSR count). The number of amides is 1. The molecule has 3 heteroatoms. The second-order valence-corrected chi connectivity index (χ2v) is 5.24. The predicted octanol–water partition coefficient (Wildman–Crippen LogP) is 2.14. The zero-order chi connectivity index (χ0) is 11.1. The first-order valence-corrected chi connectivity index (χ1v) is 5.23. The standard InChI is InChI=1S/C11H20FNO/c1-6(2)9-11(4,5)8(12)7(3)10(14)13-9/h6-9H,1-5H3,(H,13,14). The normalized spacial score (nSPS) is 37.1. The topological polar surface area (TPSA) is 29.1 Å². The van der Waals surface area contributed by atoms with Crippen LogP contribution >= 0.6 is 0 Å². The van der Waals surface area contributed by atoms with Crippen LogP contribution in [0.4, 0.5) is 4.39 Å². The lowest BCUT2D eigenvalue weighted by molar-refractivity contribution is -0.137. The molecule has 0 aromatic carbocycles. The largest absolute Gasteiger partial charge is 0.352 e. The van der Waals surface area contributed by atoms with Gasteiger partial charge in [-0.05, 0) is 5.92 Å². The molecule has 14 heavy (non-hydrogen) atoms. The summed E-state index contributed by atoms with van der Waals surface area (Å²) in [6.07, 6.45) is -1.05. The maximum absolute atomic E-state index is 14.0. The lowest BCUT2D eigenvalue weighted by atomic mass is 9.68. The third kappa shape index (κ3) is 1.64. The molecule has 2 nitrogen and oxygen atoms in total. The van der Waals surface area contributed by atoms with E-state index in [1.165, 1.54) is 0 Å². The lowest BCUT2D eigenvalue weighted by Gasteiger charge is -2.46. The zero-order valence-corrected chi connectivity index (χ0v) is 9.60. The Morgan fingerprint density at radius 1 is 1.43 bits per heavy atom. The van der Waals surface area contributed by atoms with E-state index in [1.807, 2.05) is 27.7 Å². The van der Waals surface area contributed by atoms with E-state index < -0.39 is 17.5 Å². The van der Waals surface area contributed by atoms with Crippen molar-refractivity contribution >= 4 is 5.91 Å². The summed E-state index contributed by atoms with van der Waals surface area (Å²) in [5.41, 5.74) is -0.471. The van der Waals surface area contributed by atoms with Gasteiger partial charge in [-0.25, -0.2) is 4.39 Å². The van der Waals surface area contributed by atoms with Gasteiger partial charge < -0.3 is 5.32 Å². The summed E-state index contributed by atoms with van der Waals surface area (Å²) in [7, 11) is 0. The van der Waals surface area contributed by atoms with Gasteiger partial charge in [-0.2, -0.15) is 0 Å². The van der Waals surface area contributed by atoms with Gasteiger partial charge in [0.1, 0.15) is 6.17 Å². The minimum atomic E-state index is -1.05. The Labute approximate surface area is 85.3 Å². The molecule has 0 aliphatic carbocycles. The van der Waals surface area contributed by atoms with E-state index in [2.05, 4.69) is 5.32 Å². The highest BCUT2D eigenvalue weighted by molar-refractivity contribution is 5.80. The van der Waals surface area contributed by atoms with Gasteiger partial charge in [0.2, 0.25) is 5.91 Å². The molecule has 0 aromatic heterocycles. The summed E-state index contributed by atoms with van der Waals surface area (Å²) < 4.78 is 14.0. The van der Waals surface area contributed by atoms with Crippen molar-refractivity contribution in [1.29, 1.82) is 0 Å². The Balaban J connectivity index is 2.95. The van der Waals surface area contributed by atoms with Crippen LogP contribution in [0.1, 0.15) is 34.6 Å². The zero-order valence-electron chi connectivity index (χ0n) is 9.60. The highest BCUT2D eigenvalue weighted by Gasteiger charge is 2.48. The van der Waals surface area contributed by atoms with E-state index in [9.17, 15) is 9.18 Å². The molecule has 1 amide bonds. The average Bonchev–Trinajstić information content (AvgIpc) is 2.08. The van der Waals surface area contributed by atoms with E-state index >= 15 is 0 Å². The molecular weight excluding hydrogens is 181 g/mol. The fraction of sp³-hybridized carbons (Fsp3) is 0.909. The van der Waals surface area contributed by atoms with E-state index in [0.29, 0.717) is 0 Å². The number of rotatable bonds is 1. The Hall–Kier alpha value is -0.600. The van der Waals surface area contributed by atoms with Crippen LogP contribution in [0.2, 0.25) is 0 Å². The van der Waals surface area contributed by atoms with Crippen LogP contribution < -0.4 is 5.32 Å². The molecule has 1 saturated heterocycles. The maximum atomic E-state index is 14.0. The number of carbonyl (C=O) groups is 1. The second-order valence-electron chi connectivity index (χ2n) is 5.24. The highest BCUT2D eigenvalue weighted by atomic mass is 19.1. The van der Waals surface area contributed by atoms with Gasteiger partial charge in [-0.3, -0.25) is 4.79 Å². The first-order valence-electron chi connectivity index (χ1n) is 5.23. The molecule has 0 spiro atoms. The minimum Gasteiger partial charge on any atom is -0.352 e. The van der Waals surface area contributed by atoms with Gasteiger partial charge in [0.15, 0.2) is 0 Å². The minimum absolute atomic E-state index is 0.0683. The fourth-order valence-electron chi connectivity index (χ4n) is 2.45. The molecular formula is C11H20FNO. The third-order valence-electron chi connectivity index (χ3n) is 3.33. The van der Waals surface area contributed by atoms with Crippen molar-refractivity contribution in [3.63, 3.8) is 0 Å². The number of carbonyl (C=O) groups excluding carboxylic acids is 1. The number of piperidine rings is 1. The highest BCUT2D eigenvalue weighted by Crippen LogP contribution is 2.39. The van der Waals surface area contributed by atoms with Crippen molar-refractivity contribution < 1.29 is 9.18 Å². The molecule has 1 aliphatic rings. The molecule has 0 radical (unpaired) electrons. The van der Waals surface area contributed by atoms with Crippen molar-refractivity contribution in [3.8, 4) is 0 Å². The molecule has 3 unspecified atom stereocenters. The van der Waals surface area contributed by atoms with E-state index in [4.69, 9.17) is 0 Å². The smallest absolute Gasteiger partial charge is 0.226 e. The average molecular weight is 201 g/mol. The summed E-state index contributed by atoms with van der Waals surface area (Å²) in [5.74, 6) is -0.421.